The lowest BCUT2D eigenvalue weighted by Gasteiger charge is -2.28. The second kappa shape index (κ2) is 8.13. The Balaban J connectivity index is 1.79. The molecule has 2 aromatic carbocycles. The highest BCUT2D eigenvalue weighted by molar-refractivity contribution is 9.10. The lowest BCUT2D eigenvalue weighted by atomic mass is 10.2. The molecule has 0 bridgehead atoms. The molecule has 1 aliphatic heterocycles. The predicted octanol–water partition coefficient (Wildman–Crippen LogP) is 3.23. The zero-order valence-electron chi connectivity index (χ0n) is 14.8. The lowest BCUT2D eigenvalue weighted by molar-refractivity contribution is -0.119. The van der Waals surface area contributed by atoms with E-state index in [0.717, 1.165) is 4.47 Å². The van der Waals surface area contributed by atoms with Crippen LogP contribution in [-0.4, -0.2) is 26.0 Å². The van der Waals surface area contributed by atoms with Gasteiger partial charge in [-0.3, -0.25) is 15.0 Å². The molecule has 0 radical (unpaired) electrons. The van der Waals surface area contributed by atoms with Gasteiger partial charge in [-0.15, -0.1) is 0 Å². The number of nitrogens with one attached hydrogen (secondary N) is 2. The number of benzene rings is 2. The largest absolute Gasteiger partial charge is 0.497 e. The predicted molar refractivity (Wildman–Crippen MR) is 106 cm³/mol. The summed E-state index contributed by atoms with van der Waals surface area (Å²) in [6.07, 6.45) is 1.67. The molecule has 8 heteroatoms. The Morgan fingerprint density at radius 1 is 1.15 bits per heavy atom. The van der Waals surface area contributed by atoms with E-state index in [9.17, 15) is 9.59 Å². The van der Waals surface area contributed by atoms with Crippen LogP contribution in [0, 0.1) is 0 Å². The third-order valence-electron chi connectivity index (χ3n) is 3.95. The second-order valence-electron chi connectivity index (χ2n) is 5.66. The molecule has 0 spiro atoms. The minimum atomic E-state index is -0.392. The number of amides is 2. The van der Waals surface area contributed by atoms with Crippen molar-refractivity contribution in [3.63, 3.8) is 0 Å². The maximum absolute atomic E-state index is 12.7. The van der Waals surface area contributed by atoms with Crippen molar-refractivity contribution >= 4 is 39.1 Å². The molecule has 2 N–H and O–H groups in total. The molecule has 0 saturated heterocycles. The molecular formula is C19H18BrN3O4. The van der Waals surface area contributed by atoms with Gasteiger partial charge in [0.2, 0.25) is 5.91 Å². The number of carbonyl (C=O) groups is 2. The molecule has 140 valence electrons. The maximum atomic E-state index is 12.7. The monoisotopic (exact) mass is 431 g/mol. The molecule has 0 atom stereocenters. The van der Waals surface area contributed by atoms with Crippen LogP contribution in [0.3, 0.4) is 0 Å². The van der Waals surface area contributed by atoms with Crippen LogP contribution in [-0.2, 0) is 9.59 Å². The molecule has 0 unspecified atom stereocenters. The van der Waals surface area contributed by atoms with E-state index < -0.39 is 5.91 Å². The summed E-state index contributed by atoms with van der Waals surface area (Å²) < 4.78 is 11.4. The van der Waals surface area contributed by atoms with Gasteiger partial charge in [0.15, 0.2) is 0 Å². The topological polar surface area (TPSA) is 79.9 Å². The number of halogens is 1. The number of methoxy groups -OCH3 is 2. The first-order valence-electron chi connectivity index (χ1n) is 8.10. The molecule has 7 nitrogen and oxygen atoms in total. The van der Waals surface area contributed by atoms with Crippen molar-refractivity contribution in [2.45, 2.75) is 6.42 Å². The molecule has 2 amide bonds. The number of nitrogens with zero attached hydrogens (tertiary/aromatic N) is 1. The van der Waals surface area contributed by atoms with Crippen molar-refractivity contribution in [1.82, 2.24) is 5.43 Å². The van der Waals surface area contributed by atoms with Gasteiger partial charge in [0, 0.05) is 17.0 Å². The highest BCUT2D eigenvalue weighted by Gasteiger charge is 2.24. The first kappa shape index (κ1) is 18.8. The Hall–Kier alpha value is -3.00. The van der Waals surface area contributed by atoms with Gasteiger partial charge in [0.1, 0.15) is 17.2 Å². The second-order valence-corrected chi connectivity index (χ2v) is 6.58. The molecule has 27 heavy (non-hydrogen) atoms. The average Bonchev–Trinajstić information content (AvgIpc) is 2.69. The first-order chi connectivity index (χ1) is 13.0. The third kappa shape index (κ3) is 4.22. The van der Waals surface area contributed by atoms with E-state index in [1.807, 2.05) is 12.1 Å². The number of carbonyl (C=O) groups excluding carboxylic acids is 2. The minimum Gasteiger partial charge on any atom is -0.497 e. The van der Waals surface area contributed by atoms with Crippen LogP contribution in [0.15, 0.2) is 58.7 Å². The van der Waals surface area contributed by atoms with Crippen molar-refractivity contribution in [2.24, 2.45) is 0 Å². The molecule has 2 aromatic rings. The SMILES string of the molecule is COc1ccc(OC)c(NC(=O)C2=CCC(=O)N(c3ccc(Br)cc3)N2)c1. The molecule has 0 aromatic heterocycles. The summed E-state index contributed by atoms with van der Waals surface area (Å²) in [6.45, 7) is 0. The number of rotatable bonds is 5. The Morgan fingerprint density at radius 2 is 1.89 bits per heavy atom. The highest BCUT2D eigenvalue weighted by atomic mass is 79.9. The van der Waals surface area contributed by atoms with Crippen molar-refractivity contribution in [3.05, 3.63) is 58.7 Å². The van der Waals surface area contributed by atoms with Crippen molar-refractivity contribution in [2.75, 3.05) is 24.5 Å². The van der Waals surface area contributed by atoms with E-state index in [0.29, 0.717) is 22.9 Å². The fourth-order valence-corrected chi connectivity index (χ4v) is 2.82. The summed E-state index contributed by atoms with van der Waals surface area (Å²) in [5.41, 5.74) is 4.25. The number of ether oxygens (including phenoxy) is 2. The summed E-state index contributed by atoms with van der Waals surface area (Å²) in [4.78, 5) is 24.9. The van der Waals surface area contributed by atoms with Gasteiger partial charge in [0.25, 0.3) is 5.91 Å². The van der Waals surface area contributed by atoms with Crippen LogP contribution in [0.2, 0.25) is 0 Å². The van der Waals surface area contributed by atoms with Gasteiger partial charge in [0.05, 0.1) is 25.6 Å². The summed E-state index contributed by atoms with van der Waals surface area (Å²) in [5.74, 6) is 0.536. The van der Waals surface area contributed by atoms with E-state index in [4.69, 9.17) is 9.47 Å². The lowest BCUT2D eigenvalue weighted by Crippen LogP contribution is -2.47. The van der Waals surface area contributed by atoms with Gasteiger partial charge in [-0.1, -0.05) is 15.9 Å². The molecule has 0 saturated carbocycles. The van der Waals surface area contributed by atoms with Gasteiger partial charge in [-0.25, -0.2) is 5.01 Å². The molecule has 3 rings (SSSR count). The summed E-state index contributed by atoms with van der Waals surface area (Å²) in [5, 5.41) is 4.13. The number of hydrogen-bond donors (Lipinski definition) is 2. The third-order valence-corrected chi connectivity index (χ3v) is 4.48. The number of hydrazine groups is 1. The standard InChI is InChI=1S/C19H18BrN3O4/c1-26-14-7-9-17(27-2)16(11-14)21-19(25)15-8-10-18(24)23(22-15)13-5-3-12(20)4-6-13/h3-9,11,22H,10H2,1-2H3,(H,21,25). The smallest absolute Gasteiger partial charge is 0.273 e. The average molecular weight is 432 g/mol. The zero-order valence-corrected chi connectivity index (χ0v) is 16.4. The quantitative estimate of drug-likeness (QED) is 0.759. The van der Waals surface area contributed by atoms with Crippen LogP contribution in [0.4, 0.5) is 11.4 Å². The summed E-state index contributed by atoms with van der Waals surface area (Å²) in [6, 6.07) is 12.3. The van der Waals surface area contributed by atoms with Crippen molar-refractivity contribution in [3.8, 4) is 11.5 Å². The fraction of sp³-hybridized carbons (Fsp3) is 0.158. The van der Waals surface area contributed by atoms with Gasteiger partial charge in [-0.2, -0.15) is 0 Å². The van der Waals surface area contributed by atoms with Crippen molar-refractivity contribution in [1.29, 1.82) is 0 Å². The van der Waals surface area contributed by atoms with Crippen molar-refractivity contribution < 1.29 is 19.1 Å². The first-order valence-corrected chi connectivity index (χ1v) is 8.90. The van der Waals surface area contributed by atoms with E-state index >= 15 is 0 Å². The Labute approximate surface area is 165 Å². The summed E-state index contributed by atoms with van der Waals surface area (Å²) in [7, 11) is 3.06. The van der Waals surface area contributed by atoms with Gasteiger partial charge < -0.3 is 14.8 Å². The molecule has 0 aliphatic carbocycles. The Bertz CT molecular complexity index is 896. The van der Waals surface area contributed by atoms with Crippen LogP contribution in [0.25, 0.3) is 0 Å². The number of anilines is 2. The highest BCUT2D eigenvalue weighted by Crippen LogP contribution is 2.29. The molecule has 0 fully saturated rings. The van der Waals surface area contributed by atoms with Crippen LogP contribution < -0.4 is 25.2 Å². The Kier molecular flexibility index (Phi) is 5.66. The van der Waals surface area contributed by atoms with Gasteiger partial charge >= 0.3 is 0 Å². The molecule has 1 heterocycles. The van der Waals surface area contributed by atoms with E-state index in [-0.39, 0.29) is 18.0 Å². The van der Waals surface area contributed by atoms with E-state index in [1.54, 1.807) is 43.5 Å². The fourth-order valence-electron chi connectivity index (χ4n) is 2.55. The zero-order chi connectivity index (χ0) is 19.4. The van der Waals surface area contributed by atoms with Crippen LogP contribution >= 0.6 is 15.9 Å². The molecular weight excluding hydrogens is 414 g/mol. The molecule has 1 aliphatic rings. The Morgan fingerprint density at radius 3 is 2.56 bits per heavy atom. The van der Waals surface area contributed by atoms with Gasteiger partial charge in [-0.05, 0) is 42.5 Å². The van der Waals surface area contributed by atoms with Crippen LogP contribution in [0.1, 0.15) is 6.42 Å². The van der Waals surface area contributed by atoms with Crippen LogP contribution in [0.5, 0.6) is 11.5 Å². The minimum absolute atomic E-state index is 0.112. The normalized spacial score (nSPS) is 13.5. The summed E-state index contributed by atoms with van der Waals surface area (Å²) >= 11 is 3.36. The maximum Gasteiger partial charge on any atom is 0.273 e. The van der Waals surface area contributed by atoms with E-state index in [2.05, 4.69) is 26.7 Å². The number of hydrogen-bond acceptors (Lipinski definition) is 5. The van der Waals surface area contributed by atoms with E-state index in [1.165, 1.54) is 12.1 Å².